The van der Waals surface area contributed by atoms with Gasteiger partial charge in [0.05, 0.1) is 18.4 Å². The average Bonchev–Trinajstić information content (AvgIpc) is 2.46. The van der Waals surface area contributed by atoms with Crippen molar-refractivity contribution in [2.24, 2.45) is 0 Å². The minimum atomic E-state index is -0.258. The highest BCUT2D eigenvalue weighted by Gasteiger charge is 2.17. The van der Waals surface area contributed by atoms with Gasteiger partial charge in [-0.25, -0.2) is 4.98 Å². The molecule has 4 nitrogen and oxygen atoms in total. The van der Waals surface area contributed by atoms with Gasteiger partial charge in [-0.1, -0.05) is 0 Å². The van der Waals surface area contributed by atoms with Gasteiger partial charge in [0.2, 0.25) is 0 Å². The maximum Gasteiger partial charge on any atom is 0.111 e. The van der Waals surface area contributed by atoms with Gasteiger partial charge in [0.25, 0.3) is 0 Å². The van der Waals surface area contributed by atoms with E-state index in [1.165, 1.54) is 0 Å². The first-order valence-electron chi connectivity index (χ1n) is 4.13. The van der Waals surface area contributed by atoms with Crippen molar-refractivity contribution in [3.63, 3.8) is 0 Å². The molecule has 1 unspecified atom stereocenters. The Balaban J connectivity index is 2.28. The first kappa shape index (κ1) is 7.76. The second-order valence-corrected chi connectivity index (χ2v) is 3.15. The van der Waals surface area contributed by atoms with Crippen LogP contribution in [0.25, 0.3) is 0 Å². The molecular weight excluding hydrogens is 156 g/mol. The minimum Gasteiger partial charge on any atom is -0.393 e. The van der Waals surface area contributed by atoms with Crippen LogP contribution in [0.5, 0.6) is 0 Å². The molecular formula is C8H12N2O2. The van der Waals surface area contributed by atoms with Crippen LogP contribution in [0, 0.1) is 0 Å². The Morgan fingerprint density at radius 2 is 2.50 bits per heavy atom. The first-order chi connectivity index (χ1) is 5.79. The van der Waals surface area contributed by atoms with E-state index in [2.05, 4.69) is 4.98 Å². The molecule has 1 aromatic heterocycles. The molecule has 1 atom stereocenters. The fraction of sp³-hybridized carbons (Fsp3) is 0.625. The van der Waals surface area contributed by atoms with Crippen molar-refractivity contribution in [1.82, 2.24) is 9.55 Å². The molecule has 1 aromatic rings. The summed E-state index contributed by atoms with van der Waals surface area (Å²) in [6.45, 7) is 0.791. The average molecular weight is 168 g/mol. The number of aliphatic hydroxyl groups excluding tert-OH is 2. The zero-order chi connectivity index (χ0) is 8.55. The molecule has 1 aliphatic rings. The lowest BCUT2D eigenvalue weighted by Gasteiger charge is -2.18. The van der Waals surface area contributed by atoms with Gasteiger partial charge < -0.3 is 14.8 Å². The lowest BCUT2D eigenvalue weighted by atomic mass is 10.1. The second kappa shape index (κ2) is 2.88. The monoisotopic (exact) mass is 168 g/mol. The summed E-state index contributed by atoms with van der Waals surface area (Å²) in [5, 5.41) is 18.1. The van der Waals surface area contributed by atoms with E-state index in [9.17, 15) is 5.11 Å². The van der Waals surface area contributed by atoms with Crippen LogP contribution >= 0.6 is 0 Å². The Bertz CT molecular complexity index is 283. The van der Waals surface area contributed by atoms with Crippen LogP contribution in [0.3, 0.4) is 0 Å². The summed E-state index contributed by atoms with van der Waals surface area (Å²) in [6, 6.07) is 0. The van der Waals surface area contributed by atoms with E-state index in [-0.39, 0.29) is 12.7 Å². The summed E-state index contributed by atoms with van der Waals surface area (Å²) in [4.78, 5) is 4.17. The molecule has 0 fully saturated rings. The number of aromatic nitrogens is 2. The molecule has 0 saturated heterocycles. The third kappa shape index (κ3) is 1.23. The van der Waals surface area contributed by atoms with Crippen LogP contribution in [0.2, 0.25) is 0 Å². The van der Waals surface area contributed by atoms with E-state index in [0.717, 1.165) is 18.8 Å². The largest absolute Gasteiger partial charge is 0.393 e. The van der Waals surface area contributed by atoms with Gasteiger partial charge in [-0.05, 0) is 6.42 Å². The molecule has 2 N–H and O–H groups in total. The number of hydrogen-bond donors (Lipinski definition) is 2. The number of imidazole rings is 1. The van der Waals surface area contributed by atoms with Crippen LogP contribution in [0.1, 0.15) is 17.9 Å². The van der Waals surface area contributed by atoms with E-state index in [1.54, 1.807) is 0 Å². The van der Waals surface area contributed by atoms with Gasteiger partial charge >= 0.3 is 0 Å². The van der Waals surface area contributed by atoms with Gasteiger partial charge in [-0.2, -0.15) is 0 Å². The smallest absolute Gasteiger partial charge is 0.111 e. The second-order valence-electron chi connectivity index (χ2n) is 3.15. The maximum absolute atomic E-state index is 9.32. The lowest BCUT2D eigenvalue weighted by Crippen LogP contribution is -2.22. The van der Waals surface area contributed by atoms with Crippen LogP contribution in [-0.2, 0) is 19.6 Å². The molecule has 2 heterocycles. The van der Waals surface area contributed by atoms with Crippen LogP contribution in [-0.4, -0.2) is 25.9 Å². The minimum absolute atomic E-state index is 0.0178. The summed E-state index contributed by atoms with van der Waals surface area (Å²) in [5.74, 6) is 0.887. The van der Waals surface area contributed by atoms with E-state index in [4.69, 9.17) is 5.11 Å². The molecule has 12 heavy (non-hydrogen) atoms. The van der Waals surface area contributed by atoms with Gasteiger partial charge in [0, 0.05) is 19.2 Å². The number of fused-ring (bicyclic) bond motifs is 1. The lowest BCUT2D eigenvalue weighted by molar-refractivity contribution is 0.141. The highest BCUT2D eigenvalue weighted by Crippen LogP contribution is 2.14. The SMILES string of the molecule is OCc1cn2c(n1)CC(O)CC2. The summed E-state index contributed by atoms with van der Waals surface area (Å²) >= 11 is 0. The molecule has 0 spiro atoms. The predicted octanol–water partition coefficient (Wildman–Crippen LogP) is -0.318. The third-order valence-electron chi connectivity index (χ3n) is 2.19. The maximum atomic E-state index is 9.32. The fourth-order valence-corrected chi connectivity index (χ4v) is 1.55. The Morgan fingerprint density at radius 1 is 1.67 bits per heavy atom. The molecule has 0 aliphatic carbocycles. The van der Waals surface area contributed by atoms with E-state index in [0.29, 0.717) is 12.1 Å². The zero-order valence-corrected chi connectivity index (χ0v) is 6.77. The molecule has 0 saturated carbocycles. The van der Waals surface area contributed by atoms with Crippen molar-refractivity contribution in [3.05, 3.63) is 17.7 Å². The number of rotatable bonds is 1. The molecule has 4 heteroatoms. The van der Waals surface area contributed by atoms with Crippen molar-refractivity contribution in [3.8, 4) is 0 Å². The van der Waals surface area contributed by atoms with Crippen molar-refractivity contribution in [1.29, 1.82) is 0 Å². The predicted molar refractivity (Wildman–Crippen MR) is 42.5 cm³/mol. The standard InChI is InChI=1S/C8H12N2O2/c11-5-6-4-10-2-1-7(12)3-8(10)9-6/h4,7,11-12H,1-3,5H2. The molecule has 0 radical (unpaired) electrons. The zero-order valence-electron chi connectivity index (χ0n) is 6.77. The van der Waals surface area contributed by atoms with Gasteiger partial charge in [-0.15, -0.1) is 0 Å². The molecule has 2 rings (SSSR count). The summed E-state index contributed by atoms with van der Waals surface area (Å²) in [6.07, 6.45) is 2.99. The van der Waals surface area contributed by atoms with Crippen molar-refractivity contribution >= 4 is 0 Å². The molecule has 0 bridgehead atoms. The van der Waals surface area contributed by atoms with E-state index in [1.807, 2.05) is 10.8 Å². The van der Waals surface area contributed by atoms with E-state index < -0.39 is 0 Å². The molecule has 1 aliphatic heterocycles. The first-order valence-corrected chi connectivity index (χ1v) is 4.13. The third-order valence-corrected chi connectivity index (χ3v) is 2.19. The number of hydrogen-bond acceptors (Lipinski definition) is 3. The fourth-order valence-electron chi connectivity index (χ4n) is 1.55. The Kier molecular flexibility index (Phi) is 1.86. The highest BCUT2D eigenvalue weighted by molar-refractivity contribution is 5.06. The quantitative estimate of drug-likeness (QED) is 0.604. The van der Waals surface area contributed by atoms with Gasteiger partial charge in [-0.3, -0.25) is 0 Å². The van der Waals surface area contributed by atoms with Crippen LogP contribution in [0.15, 0.2) is 6.20 Å². The van der Waals surface area contributed by atoms with Crippen molar-refractivity contribution in [2.45, 2.75) is 32.1 Å². The van der Waals surface area contributed by atoms with Crippen LogP contribution in [0.4, 0.5) is 0 Å². The molecule has 66 valence electrons. The topological polar surface area (TPSA) is 58.3 Å². The number of aliphatic hydroxyl groups is 2. The Labute approximate surface area is 70.5 Å². The summed E-state index contributed by atoms with van der Waals surface area (Å²) < 4.78 is 2.00. The highest BCUT2D eigenvalue weighted by atomic mass is 16.3. The van der Waals surface area contributed by atoms with Gasteiger partial charge in [0.15, 0.2) is 0 Å². The van der Waals surface area contributed by atoms with Crippen molar-refractivity contribution in [2.75, 3.05) is 0 Å². The molecule has 0 aromatic carbocycles. The number of aryl methyl sites for hydroxylation is 1. The van der Waals surface area contributed by atoms with Gasteiger partial charge in [0.1, 0.15) is 5.82 Å². The normalized spacial score (nSPS) is 22.3. The molecule has 0 amide bonds. The van der Waals surface area contributed by atoms with Crippen LogP contribution < -0.4 is 0 Å². The Morgan fingerprint density at radius 3 is 3.25 bits per heavy atom. The van der Waals surface area contributed by atoms with Crippen molar-refractivity contribution < 1.29 is 10.2 Å². The summed E-state index contributed by atoms with van der Waals surface area (Å²) in [5.41, 5.74) is 0.694. The van der Waals surface area contributed by atoms with E-state index >= 15 is 0 Å². The Hall–Kier alpha value is -0.870. The number of nitrogens with zero attached hydrogens (tertiary/aromatic N) is 2. The summed E-state index contributed by atoms with van der Waals surface area (Å²) in [7, 11) is 0.